The molecular formula is C25H21N3O4. The number of carbonyl (C=O) groups is 1. The van der Waals surface area contributed by atoms with Crippen LogP contribution in [0.1, 0.15) is 29.7 Å². The molecule has 0 fully saturated rings. The van der Waals surface area contributed by atoms with Crippen LogP contribution in [-0.4, -0.2) is 17.6 Å². The number of aromatic nitrogens is 1. The molecule has 32 heavy (non-hydrogen) atoms. The normalized spacial score (nSPS) is 16.0. The second kappa shape index (κ2) is 8.11. The van der Waals surface area contributed by atoms with E-state index in [0.717, 1.165) is 28.0 Å². The van der Waals surface area contributed by atoms with Crippen LogP contribution in [-0.2, 0) is 0 Å². The average molecular weight is 427 g/mol. The van der Waals surface area contributed by atoms with Crippen LogP contribution in [0.3, 0.4) is 0 Å². The van der Waals surface area contributed by atoms with E-state index in [4.69, 9.17) is 9.15 Å². The first-order valence-electron chi connectivity index (χ1n) is 10.4. The van der Waals surface area contributed by atoms with Gasteiger partial charge in [-0.1, -0.05) is 60.7 Å². The Morgan fingerprint density at radius 1 is 0.938 bits per heavy atom. The first-order chi connectivity index (χ1) is 15.6. The molecule has 5 rings (SSSR count). The Labute approximate surface area is 183 Å². The number of nitrogens with one attached hydrogen (secondary N) is 3. The molecule has 7 nitrogen and oxygen atoms in total. The number of oxazole rings is 1. The van der Waals surface area contributed by atoms with Gasteiger partial charge >= 0.3 is 11.8 Å². The molecule has 0 spiro atoms. The number of hydrogen-bond donors (Lipinski definition) is 3. The maximum atomic E-state index is 12.7. The van der Waals surface area contributed by atoms with E-state index in [2.05, 4.69) is 15.6 Å². The van der Waals surface area contributed by atoms with Gasteiger partial charge in [-0.25, -0.2) is 9.59 Å². The average Bonchev–Trinajstić information content (AvgIpc) is 3.20. The lowest BCUT2D eigenvalue weighted by Crippen LogP contribution is -2.43. The smallest absolute Gasteiger partial charge is 0.417 e. The van der Waals surface area contributed by atoms with Crippen molar-refractivity contribution in [3.05, 3.63) is 100 Å². The summed E-state index contributed by atoms with van der Waals surface area (Å²) in [6.07, 6.45) is 0. The van der Waals surface area contributed by atoms with E-state index in [1.807, 2.05) is 79.7 Å². The third kappa shape index (κ3) is 3.54. The van der Waals surface area contributed by atoms with Crippen LogP contribution < -0.4 is 21.1 Å². The van der Waals surface area contributed by atoms with E-state index < -0.39 is 11.8 Å². The van der Waals surface area contributed by atoms with Crippen LogP contribution in [0, 0.1) is 0 Å². The van der Waals surface area contributed by atoms with E-state index in [-0.39, 0.29) is 6.03 Å². The standard InChI is InChI=1S/C25H21N3O4/c1-2-31-19-14-17(13-18-23(19)32-25(30)26-18)22-20(15-9-5-3-6-10-15)21(27-24(29)28-22)16-11-7-4-8-12-16/h3-14,22H,2H2,1H3,(H,26,30)(H2,27,28,29). The Kier molecular flexibility index (Phi) is 4.99. The van der Waals surface area contributed by atoms with E-state index in [9.17, 15) is 9.59 Å². The summed E-state index contributed by atoms with van der Waals surface area (Å²) in [7, 11) is 0. The molecule has 1 aliphatic rings. The van der Waals surface area contributed by atoms with Crippen LogP contribution in [0.4, 0.5) is 4.79 Å². The number of urea groups is 1. The predicted octanol–water partition coefficient (Wildman–Crippen LogP) is 4.44. The SMILES string of the molecule is CCOc1cc(C2NC(=O)NC(c3ccccc3)=C2c2ccccc2)cc2[nH]c(=O)oc12. The van der Waals surface area contributed by atoms with Crippen molar-refractivity contribution >= 4 is 28.4 Å². The molecule has 1 atom stereocenters. The first-order valence-corrected chi connectivity index (χ1v) is 10.4. The molecule has 0 radical (unpaired) electrons. The number of benzene rings is 3. The van der Waals surface area contributed by atoms with Gasteiger partial charge in [-0.3, -0.25) is 4.98 Å². The molecular weight excluding hydrogens is 406 g/mol. The van der Waals surface area contributed by atoms with E-state index in [0.29, 0.717) is 23.5 Å². The summed E-state index contributed by atoms with van der Waals surface area (Å²) >= 11 is 0. The lowest BCUT2D eigenvalue weighted by Gasteiger charge is -2.31. The zero-order chi connectivity index (χ0) is 22.1. The van der Waals surface area contributed by atoms with Gasteiger partial charge in [0.15, 0.2) is 11.3 Å². The minimum absolute atomic E-state index is 0.313. The fourth-order valence-corrected chi connectivity index (χ4v) is 4.05. The Bertz CT molecular complexity index is 1370. The van der Waals surface area contributed by atoms with Crippen molar-refractivity contribution in [3.8, 4) is 5.75 Å². The number of H-pyrrole nitrogens is 1. The summed E-state index contributed by atoms with van der Waals surface area (Å²) in [5, 5.41) is 6.02. The monoisotopic (exact) mass is 427 g/mol. The molecule has 2 heterocycles. The van der Waals surface area contributed by atoms with Crippen LogP contribution in [0.5, 0.6) is 5.75 Å². The molecule has 0 saturated heterocycles. The largest absolute Gasteiger partial charge is 0.490 e. The summed E-state index contributed by atoms with van der Waals surface area (Å²) in [4.78, 5) is 27.3. The highest BCUT2D eigenvalue weighted by Crippen LogP contribution is 2.40. The molecule has 160 valence electrons. The molecule has 3 aromatic carbocycles. The molecule has 1 unspecified atom stereocenters. The van der Waals surface area contributed by atoms with E-state index in [1.165, 1.54) is 0 Å². The predicted molar refractivity (Wildman–Crippen MR) is 122 cm³/mol. The highest BCUT2D eigenvalue weighted by atomic mass is 16.5. The zero-order valence-electron chi connectivity index (χ0n) is 17.3. The molecule has 0 bridgehead atoms. The maximum Gasteiger partial charge on any atom is 0.417 e. The fraction of sp³-hybridized carbons (Fsp3) is 0.120. The fourth-order valence-electron chi connectivity index (χ4n) is 4.05. The second-order valence-corrected chi connectivity index (χ2v) is 7.40. The van der Waals surface area contributed by atoms with Crippen molar-refractivity contribution in [1.82, 2.24) is 15.6 Å². The highest BCUT2D eigenvalue weighted by molar-refractivity contribution is 6.03. The minimum atomic E-state index is -0.559. The number of ether oxygens (including phenoxy) is 1. The summed E-state index contributed by atoms with van der Waals surface area (Å²) in [6.45, 7) is 2.26. The van der Waals surface area contributed by atoms with Crippen LogP contribution >= 0.6 is 0 Å². The maximum absolute atomic E-state index is 12.7. The molecule has 2 amide bonds. The molecule has 7 heteroatoms. The Morgan fingerprint density at radius 3 is 2.31 bits per heavy atom. The second-order valence-electron chi connectivity index (χ2n) is 7.40. The summed E-state index contributed by atoms with van der Waals surface area (Å²) in [6, 6.07) is 22.4. The number of hydrogen-bond acceptors (Lipinski definition) is 4. The number of rotatable bonds is 5. The van der Waals surface area contributed by atoms with Crippen molar-refractivity contribution in [2.45, 2.75) is 13.0 Å². The van der Waals surface area contributed by atoms with E-state index in [1.54, 1.807) is 0 Å². The number of aromatic amines is 1. The lowest BCUT2D eigenvalue weighted by atomic mass is 9.87. The van der Waals surface area contributed by atoms with Crippen molar-refractivity contribution in [1.29, 1.82) is 0 Å². The topological polar surface area (TPSA) is 96.4 Å². The Morgan fingerprint density at radius 2 is 1.62 bits per heavy atom. The van der Waals surface area contributed by atoms with Gasteiger partial charge in [0.25, 0.3) is 0 Å². The van der Waals surface area contributed by atoms with Gasteiger partial charge in [-0.2, -0.15) is 0 Å². The van der Waals surface area contributed by atoms with Crippen molar-refractivity contribution in [3.63, 3.8) is 0 Å². The number of fused-ring (bicyclic) bond motifs is 1. The van der Waals surface area contributed by atoms with Crippen LogP contribution in [0.2, 0.25) is 0 Å². The molecule has 1 aliphatic heterocycles. The first kappa shape index (κ1) is 19.7. The van der Waals surface area contributed by atoms with E-state index >= 15 is 0 Å². The van der Waals surface area contributed by atoms with Gasteiger partial charge < -0.3 is 19.8 Å². The summed E-state index contributed by atoms with van der Waals surface area (Å²) < 4.78 is 11.0. The molecule has 4 aromatic rings. The van der Waals surface area contributed by atoms with Gasteiger partial charge in [0.1, 0.15) is 0 Å². The zero-order valence-corrected chi connectivity index (χ0v) is 17.3. The summed E-state index contributed by atoms with van der Waals surface area (Å²) in [5.41, 5.74) is 5.12. The third-order valence-electron chi connectivity index (χ3n) is 5.36. The van der Waals surface area contributed by atoms with Crippen LogP contribution in [0.15, 0.2) is 82.0 Å². The summed E-state index contributed by atoms with van der Waals surface area (Å²) in [5.74, 6) is -0.115. The highest BCUT2D eigenvalue weighted by Gasteiger charge is 2.31. The Balaban J connectivity index is 1.76. The number of amides is 2. The van der Waals surface area contributed by atoms with Crippen molar-refractivity contribution < 1.29 is 13.9 Å². The molecule has 1 aromatic heterocycles. The van der Waals surface area contributed by atoms with Gasteiger partial charge in [-0.05, 0) is 35.7 Å². The Hall–Kier alpha value is -4.26. The van der Waals surface area contributed by atoms with Crippen molar-refractivity contribution in [2.75, 3.05) is 6.61 Å². The quantitative estimate of drug-likeness (QED) is 0.439. The lowest BCUT2D eigenvalue weighted by molar-refractivity contribution is 0.242. The van der Waals surface area contributed by atoms with Crippen LogP contribution in [0.25, 0.3) is 22.4 Å². The molecule has 3 N–H and O–H groups in total. The van der Waals surface area contributed by atoms with Gasteiger partial charge in [-0.15, -0.1) is 0 Å². The van der Waals surface area contributed by atoms with Gasteiger partial charge in [0, 0.05) is 5.57 Å². The van der Waals surface area contributed by atoms with Gasteiger partial charge in [0.05, 0.1) is 23.9 Å². The molecule has 0 aliphatic carbocycles. The van der Waals surface area contributed by atoms with Crippen molar-refractivity contribution in [2.24, 2.45) is 0 Å². The minimum Gasteiger partial charge on any atom is -0.490 e. The third-order valence-corrected chi connectivity index (χ3v) is 5.36. The molecule has 0 saturated carbocycles. The van der Waals surface area contributed by atoms with Gasteiger partial charge in [0.2, 0.25) is 0 Å². The number of carbonyl (C=O) groups excluding carboxylic acids is 1.